The van der Waals surface area contributed by atoms with Crippen LogP contribution in [0, 0.1) is 5.92 Å². The van der Waals surface area contributed by atoms with Gasteiger partial charge in [-0.05, 0) is 19.8 Å². The number of nitrogens with zero attached hydrogens (tertiary/aromatic N) is 1. The SMILES string of the molecule is CCOC(=O)C1CCCN(C(=O)C(CN)OC)C1.Cl. The molecule has 0 aromatic heterocycles. The number of methoxy groups -OCH3 is 1. The third kappa shape index (κ3) is 4.97. The first-order valence-electron chi connectivity index (χ1n) is 6.32. The van der Waals surface area contributed by atoms with E-state index >= 15 is 0 Å². The predicted molar refractivity (Wildman–Crippen MR) is 73.0 cm³/mol. The molecule has 7 heteroatoms. The molecular weight excluding hydrogens is 272 g/mol. The molecule has 0 radical (unpaired) electrons. The first-order chi connectivity index (χ1) is 8.63. The third-order valence-electron chi connectivity index (χ3n) is 3.13. The van der Waals surface area contributed by atoms with Crippen LogP contribution in [-0.4, -0.2) is 56.2 Å². The zero-order chi connectivity index (χ0) is 13.5. The van der Waals surface area contributed by atoms with Crippen molar-refractivity contribution in [1.29, 1.82) is 0 Å². The average molecular weight is 295 g/mol. The number of halogens is 1. The maximum atomic E-state index is 12.1. The lowest BCUT2D eigenvalue weighted by Gasteiger charge is -2.33. The third-order valence-corrected chi connectivity index (χ3v) is 3.13. The van der Waals surface area contributed by atoms with E-state index in [1.165, 1.54) is 7.11 Å². The summed E-state index contributed by atoms with van der Waals surface area (Å²) in [6.07, 6.45) is 0.949. The van der Waals surface area contributed by atoms with E-state index in [2.05, 4.69) is 0 Å². The van der Waals surface area contributed by atoms with Gasteiger partial charge in [0, 0.05) is 26.7 Å². The summed E-state index contributed by atoms with van der Waals surface area (Å²) in [5, 5.41) is 0. The highest BCUT2D eigenvalue weighted by Gasteiger charge is 2.31. The minimum absolute atomic E-state index is 0. The minimum Gasteiger partial charge on any atom is -0.466 e. The Morgan fingerprint density at radius 3 is 2.68 bits per heavy atom. The predicted octanol–water partition coefficient (Wildman–Crippen LogP) is 0.184. The van der Waals surface area contributed by atoms with Crippen molar-refractivity contribution < 1.29 is 19.1 Å². The Hall–Kier alpha value is -0.850. The summed E-state index contributed by atoms with van der Waals surface area (Å²) in [7, 11) is 1.46. The highest BCUT2D eigenvalue weighted by molar-refractivity contribution is 5.85. The maximum absolute atomic E-state index is 12.1. The fourth-order valence-electron chi connectivity index (χ4n) is 2.13. The summed E-state index contributed by atoms with van der Waals surface area (Å²) in [4.78, 5) is 25.4. The fraction of sp³-hybridized carbons (Fsp3) is 0.833. The number of piperidine rings is 1. The standard InChI is InChI=1S/C12H22N2O4.ClH/c1-3-18-12(16)9-5-4-6-14(8-9)11(15)10(7-13)17-2;/h9-10H,3-8,13H2,1-2H3;1H. The first-order valence-corrected chi connectivity index (χ1v) is 6.32. The molecule has 1 aliphatic heterocycles. The lowest BCUT2D eigenvalue weighted by Crippen LogP contribution is -2.49. The summed E-state index contributed by atoms with van der Waals surface area (Å²) in [5.74, 6) is -0.594. The van der Waals surface area contributed by atoms with Crippen molar-refractivity contribution in [2.75, 3.05) is 33.4 Å². The van der Waals surface area contributed by atoms with Gasteiger partial charge in [0.05, 0.1) is 12.5 Å². The number of carbonyl (C=O) groups excluding carboxylic acids is 2. The van der Waals surface area contributed by atoms with Crippen LogP contribution in [0.3, 0.4) is 0 Å². The normalized spacial score (nSPS) is 20.4. The number of nitrogens with two attached hydrogens (primary N) is 1. The van der Waals surface area contributed by atoms with E-state index in [4.69, 9.17) is 15.2 Å². The van der Waals surface area contributed by atoms with E-state index in [0.29, 0.717) is 19.7 Å². The zero-order valence-corrected chi connectivity index (χ0v) is 12.3. The van der Waals surface area contributed by atoms with Gasteiger partial charge in [-0.3, -0.25) is 9.59 Å². The van der Waals surface area contributed by atoms with Gasteiger partial charge in [0.25, 0.3) is 5.91 Å². The molecule has 1 rings (SSSR count). The van der Waals surface area contributed by atoms with Crippen molar-refractivity contribution in [2.24, 2.45) is 11.7 Å². The summed E-state index contributed by atoms with van der Waals surface area (Å²) in [6.45, 7) is 3.34. The zero-order valence-electron chi connectivity index (χ0n) is 11.5. The number of esters is 1. The number of ether oxygens (including phenoxy) is 2. The summed E-state index contributed by atoms with van der Waals surface area (Å²) in [6, 6.07) is 0. The molecule has 6 nitrogen and oxygen atoms in total. The second-order valence-corrected chi connectivity index (χ2v) is 4.34. The highest BCUT2D eigenvalue weighted by atomic mass is 35.5. The molecule has 1 aliphatic rings. The molecule has 0 aliphatic carbocycles. The Labute approximate surface area is 120 Å². The van der Waals surface area contributed by atoms with Gasteiger partial charge in [-0.15, -0.1) is 12.4 Å². The smallest absolute Gasteiger partial charge is 0.310 e. The Morgan fingerprint density at radius 1 is 1.47 bits per heavy atom. The minimum atomic E-state index is -0.619. The second-order valence-electron chi connectivity index (χ2n) is 4.34. The van der Waals surface area contributed by atoms with Gasteiger partial charge in [-0.2, -0.15) is 0 Å². The lowest BCUT2D eigenvalue weighted by molar-refractivity contribution is -0.153. The summed E-state index contributed by atoms with van der Waals surface area (Å²) < 4.78 is 10.0. The number of amides is 1. The molecule has 0 spiro atoms. The summed E-state index contributed by atoms with van der Waals surface area (Å²) in [5.41, 5.74) is 5.47. The van der Waals surface area contributed by atoms with Crippen molar-refractivity contribution in [3.63, 3.8) is 0 Å². The molecule has 1 saturated heterocycles. The quantitative estimate of drug-likeness (QED) is 0.732. The molecule has 0 saturated carbocycles. The largest absolute Gasteiger partial charge is 0.466 e. The number of hydrogen-bond acceptors (Lipinski definition) is 5. The number of carbonyl (C=O) groups is 2. The molecule has 1 amide bonds. The Morgan fingerprint density at radius 2 is 2.16 bits per heavy atom. The van der Waals surface area contributed by atoms with Crippen LogP contribution in [0.4, 0.5) is 0 Å². The van der Waals surface area contributed by atoms with Crippen LogP contribution in [0.1, 0.15) is 19.8 Å². The van der Waals surface area contributed by atoms with Crippen LogP contribution in [0.25, 0.3) is 0 Å². The van der Waals surface area contributed by atoms with Gasteiger partial charge in [-0.1, -0.05) is 0 Å². The van der Waals surface area contributed by atoms with E-state index < -0.39 is 6.10 Å². The Bertz CT molecular complexity index is 297. The van der Waals surface area contributed by atoms with Crippen LogP contribution >= 0.6 is 12.4 Å². The van der Waals surface area contributed by atoms with Crippen molar-refractivity contribution in [2.45, 2.75) is 25.9 Å². The molecule has 0 aromatic carbocycles. The molecule has 1 fully saturated rings. The second kappa shape index (κ2) is 9.12. The van der Waals surface area contributed by atoms with E-state index in [1.54, 1.807) is 11.8 Å². The first kappa shape index (κ1) is 18.1. The Kier molecular flexibility index (Phi) is 8.71. The van der Waals surface area contributed by atoms with Gasteiger partial charge >= 0.3 is 5.97 Å². The lowest BCUT2D eigenvalue weighted by atomic mass is 9.98. The molecule has 1 heterocycles. The molecule has 0 aromatic rings. The van der Waals surface area contributed by atoms with Crippen LogP contribution in [0.15, 0.2) is 0 Å². The fourth-order valence-corrected chi connectivity index (χ4v) is 2.13. The molecule has 19 heavy (non-hydrogen) atoms. The van der Waals surface area contributed by atoms with E-state index in [0.717, 1.165) is 12.8 Å². The van der Waals surface area contributed by atoms with Gasteiger partial charge in [0.1, 0.15) is 6.10 Å². The van der Waals surface area contributed by atoms with Crippen LogP contribution in [0.5, 0.6) is 0 Å². The van der Waals surface area contributed by atoms with Crippen LogP contribution in [0.2, 0.25) is 0 Å². The van der Waals surface area contributed by atoms with Gasteiger partial charge in [0.2, 0.25) is 0 Å². The average Bonchev–Trinajstić information content (AvgIpc) is 2.40. The summed E-state index contributed by atoms with van der Waals surface area (Å²) >= 11 is 0. The number of likely N-dealkylation sites (tertiary alicyclic amines) is 1. The van der Waals surface area contributed by atoms with Gasteiger partial charge in [-0.25, -0.2) is 0 Å². The van der Waals surface area contributed by atoms with Gasteiger partial charge in [0.15, 0.2) is 0 Å². The van der Waals surface area contributed by atoms with Crippen LogP contribution in [-0.2, 0) is 19.1 Å². The van der Waals surface area contributed by atoms with Crippen molar-refractivity contribution in [3.05, 3.63) is 0 Å². The van der Waals surface area contributed by atoms with Crippen molar-refractivity contribution >= 4 is 24.3 Å². The van der Waals surface area contributed by atoms with Crippen molar-refractivity contribution in [3.8, 4) is 0 Å². The Balaban J connectivity index is 0.00000324. The monoisotopic (exact) mass is 294 g/mol. The molecule has 2 atom stereocenters. The van der Waals surface area contributed by atoms with E-state index in [9.17, 15) is 9.59 Å². The van der Waals surface area contributed by atoms with Gasteiger partial charge < -0.3 is 20.1 Å². The molecule has 112 valence electrons. The van der Waals surface area contributed by atoms with E-state index in [-0.39, 0.29) is 36.7 Å². The molecular formula is C12H23ClN2O4. The van der Waals surface area contributed by atoms with E-state index in [1.807, 2.05) is 0 Å². The number of rotatable bonds is 5. The topological polar surface area (TPSA) is 81.9 Å². The van der Waals surface area contributed by atoms with Crippen LogP contribution < -0.4 is 5.73 Å². The van der Waals surface area contributed by atoms with Crippen molar-refractivity contribution in [1.82, 2.24) is 4.90 Å². The number of hydrogen-bond donors (Lipinski definition) is 1. The molecule has 0 bridgehead atoms. The maximum Gasteiger partial charge on any atom is 0.310 e. The molecule has 2 unspecified atom stereocenters. The molecule has 2 N–H and O–H groups in total. The highest BCUT2D eigenvalue weighted by Crippen LogP contribution is 2.18.